The predicted octanol–water partition coefficient (Wildman–Crippen LogP) is 3.40. The third-order valence-electron chi connectivity index (χ3n) is 4.11. The molecule has 6 nitrogen and oxygen atoms in total. The van der Waals surface area contributed by atoms with E-state index in [1.54, 1.807) is 40.7 Å². The van der Waals surface area contributed by atoms with Gasteiger partial charge in [-0.2, -0.15) is 5.10 Å². The number of nitrogens with zero attached hydrogens (tertiary/aromatic N) is 2. The number of nitrogens with one attached hydrogen (secondary N) is 1. The average molecular weight is 347 g/mol. The monoisotopic (exact) mass is 347 g/mol. The van der Waals surface area contributed by atoms with Crippen molar-refractivity contribution >= 4 is 11.8 Å². The zero-order valence-corrected chi connectivity index (χ0v) is 15.0. The summed E-state index contributed by atoms with van der Waals surface area (Å²) in [4.78, 5) is 24.2. The van der Waals surface area contributed by atoms with Gasteiger partial charge in [0.2, 0.25) is 0 Å². The number of aromatic nitrogens is 2. The normalized spacial score (nSPS) is 11.4. The zero-order valence-electron chi connectivity index (χ0n) is 15.0. The van der Waals surface area contributed by atoms with Crippen molar-refractivity contribution in [3.63, 3.8) is 0 Å². The highest BCUT2D eigenvalue weighted by molar-refractivity contribution is 5.87. The fourth-order valence-electron chi connectivity index (χ4n) is 2.63. The Bertz CT molecular complexity index is 869. The first-order valence-corrected chi connectivity index (χ1v) is 7.88. The van der Waals surface area contributed by atoms with E-state index in [-0.39, 0.29) is 11.2 Å². The van der Waals surface area contributed by atoms with Crippen molar-refractivity contribution < 1.29 is 14.3 Å². The van der Waals surface area contributed by atoms with Gasteiger partial charge < -0.3 is 5.11 Å². The number of carbonyl (C=O) groups is 1. The molecule has 134 valence electrons. The van der Waals surface area contributed by atoms with E-state index in [1.807, 2.05) is 0 Å². The van der Waals surface area contributed by atoms with E-state index < -0.39 is 17.4 Å². The fraction of sp³-hybridized carbons (Fsp3) is 0.389. The molecule has 1 aromatic carbocycles. The summed E-state index contributed by atoms with van der Waals surface area (Å²) in [6.07, 6.45) is -0.869. The first-order valence-electron chi connectivity index (χ1n) is 7.88. The molecule has 0 aliphatic heterocycles. The summed E-state index contributed by atoms with van der Waals surface area (Å²) in [6, 6.07) is 4.35. The minimum absolute atomic E-state index is 0.00343. The number of hydrogen-bond acceptors (Lipinski definition) is 3. The highest BCUT2D eigenvalue weighted by atomic mass is 19.1. The number of anilines is 1. The van der Waals surface area contributed by atoms with Crippen LogP contribution in [-0.4, -0.2) is 26.9 Å². The fourth-order valence-corrected chi connectivity index (χ4v) is 2.63. The number of aromatic amines is 1. The van der Waals surface area contributed by atoms with Crippen LogP contribution in [0.15, 0.2) is 23.0 Å². The molecule has 2 rings (SSSR count). The van der Waals surface area contributed by atoms with Crippen LogP contribution < -0.4 is 10.5 Å². The van der Waals surface area contributed by atoms with Crippen LogP contribution in [0.3, 0.4) is 0 Å². The van der Waals surface area contributed by atoms with Gasteiger partial charge in [0, 0.05) is 17.5 Å². The largest absolute Gasteiger partial charge is 0.465 e. The lowest BCUT2D eigenvalue weighted by Gasteiger charge is -2.33. The first kappa shape index (κ1) is 18.6. The second kappa shape index (κ2) is 6.66. The molecule has 1 heterocycles. The quantitative estimate of drug-likeness (QED) is 0.891. The van der Waals surface area contributed by atoms with Gasteiger partial charge in [0.05, 0.1) is 11.4 Å². The van der Waals surface area contributed by atoms with Gasteiger partial charge in [-0.05, 0) is 57.9 Å². The summed E-state index contributed by atoms with van der Waals surface area (Å²) in [5.41, 5.74) is 1.66. The Kier molecular flexibility index (Phi) is 4.97. The Morgan fingerprint density at radius 2 is 1.92 bits per heavy atom. The molecule has 0 aliphatic carbocycles. The third-order valence-corrected chi connectivity index (χ3v) is 4.11. The van der Waals surface area contributed by atoms with Gasteiger partial charge in [-0.3, -0.25) is 9.69 Å². The number of rotatable bonds is 3. The van der Waals surface area contributed by atoms with E-state index in [9.17, 15) is 19.1 Å². The Labute approximate surface area is 145 Å². The van der Waals surface area contributed by atoms with Gasteiger partial charge in [-0.1, -0.05) is 6.07 Å². The highest BCUT2D eigenvalue weighted by Gasteiger charge is 2.30. The molecule has 0 saturated heterocycles. The zero-order chi connectivity index (χ0) is 18.9. The molecule has 0 saturated carbocycles. The van der Waals surface area contributed by atoms with Crippen molar-refractivity contribution in [2.45, 2.75) is 46.6 Å². The molecule has 0 unspecified atom stereocenters. The molecular formula is C18H22FN3O3. The molecule has 0 atom stereocenters. The molecule has 1 amide bonds. The van der Waals surface area contributed by atoms with Crippen molar-refractivity contribution in [1.29, 1.82) is 0 Å². The summed E-state index contributed by atoms with van der Waals surface area (Å²) in [5, 5.41) is 16.0. The smallest absolute Gasteiger partial charge is 0.412 e. The van der Waals surface area contributed by atoms with Gasteiger partial charge in [-0.25, -0.2) is 14.3 Å². The van der Waals surface area contributed by atoms with Crippen molar-refractivity contribution in [3.05, 3.63) is 56.8 Å². The van der Waals surface area contributed by atoms with E-state index in [0.717, 1.165) is 10.5 Å². The summed E-state index contributed by atoms with van der Waals surface area (Å²) in [6.45, 7) is 8.61. The van der Waals surface area contributed by atoms with Crippen LogP contribution in [0.2, 0.25) is 0 Å². The molecule has 2 aromatic rings. The molecule has 25 heavy (non-hydrogen) atoms. The van der Waals surface area contributed by atoms with Crippen LogP contribution in [0, 0.1) is 19.7 Å². The van der Waals surface area contributed by atoms with Crippen LogP contribution in [-0.2, 0) is 6.42 Å². The van der Waals surface area contributed by atoms with Crippen LogP contribution in [0.4, 0.5) is 14.9 Å². The summed E-state index contributed by atoms with van der Waals surface area (Å²) < 4.78 is 14.3. The van der Waals surface area contributed by atoms with Crippen LogP contribution in [0.5, 0.6) is 0 Å². The van der Waals surface area contributed by atoms with Crippen molar-refractivity contribution in [2.24, 2.45) is 0 Å². The van der Waals surface area contributed by atoms with Crippen LogP contribution >= 0.6 is 0 Å². The second-order valence-electron chi connectivity index (χ2n) is 7.00. The maximum absolute atomic E-state index is 14.3. The molecule has 0 aliphatic rings. The number of carboxylic acid groups (broad SMARTS) is 1. The predicted molar refractivity (Wildman–Crippen MR) is 93.8 cm³/mol. The summed E-state index contributed by atoms with van der Waals surface area (Å²) in [7, 11) is 0. The topological polar surface area (TPSA) is 86.3 Å². The molecule has 0 bridgehead atoms. The Morgan fingerprint density at radius 3 is 2.48 bits per heavy atom. The van der Waals surface area contributed by atoms with Crippen LogP contribution in [0.25, 0.3) is 0 Å². The number of amides is 1. The van der Waals surface area contributed by atoms with Crippen LogP contribution in [0.1, 0.15) is 43.2 Å². The minimum Gasteiger partial charge on any atom is -0.465 e. The Hall–Kier alpha value is -2.70. The van der Waals surface area contributed by atoms with E-state index in [4.69, 9.17) is 0 Å². The molecule has 2 N–H and O–H groups in total. The van der Waals surface area contributed by atoms with E-state index >= 15 is 0 Å². The molecule has 0 spiro atoms. The number of halogens is 1. The molecule has 0 radical (unpaired) electrons. The van der Waals surface area contributed by atoms with E-state index in [2.05, 4.69) is 10.2 Å². The summed E-state index contributed by atoms with van der Waals surface area (Å²) >= 11 is 0. The molecule has 7 heteroatoms. The lowest BCUT2D eigenvalue weighted by Crippen LogP contribution is -2.45. The number of hydrogen-bond donors (Lipinski definition) is 2. The van der Waals surface area contributed by atoms with Gasteiger partial charge in [-0.15, -0.1) is 0 Å². The first-order chi connectivity index (χ1) is 11.5. The minimum atomic E-state index is -1.22. The van der Waals surface area contributed by atoms with E-state index in [1.165, 1.54) is 12.1 Å². The van der Waals surface area contributed by atoms with Gasteiger partial charge in [0.1, 0.15) is 5.82 Å². The maximum atomic E-state index is 14.3. The van der Waals surface area contributed by atoms with Gasteiger partial charge >= 0.3 is 6.09 Å². The Morgan fingerprint density at radius 1 is 1.28 bits per heavy atom. The molecule has 0 fully saturated rings. The molecular weight excluding hydrogens is 325 g/mol. The highest BCUT2D eigenvalue weighted by Crippen LogP contribution is 2.28. The van der Waals surface area contributed by atoms with Crippen molar-refractivity contribution in [1.82, 2.24) is 10.2 Å². The average Bonchev–Trinajstić information content (AvgIpc) is 2.49. The van der Waals surface area contributed by atoms with Crippen molar-refractivity contribution in [2.75, 3.05) is 4.90 Å². The SMILES string of the molecule is Cc1c(Cc2ccc(F)c(N(C(=O)O)C(C)(C)C)c2)n[nH]c(=O)c1C. The molecule has 1 aromatic heterocycles. The maximum Gasteiger partial charge on any atom is 0.412 e. The van der Waals surface area contributed by atoms with E-state index in [0.29, 0.717) is 23.2 Å². The van der Waals surface area contributed by atoms with Gasteiger partial charge in [0.25, 0.3) is 5.56 Å². The number of benzene rings is 1. The van der Waals surface area contributed by atoms with Gasteiger partial charge in [0.15, 0.2) is 0 Å². The standard InChI is InChI=1S/C18H22FN3O3/c1-10-11(2)16(23)21-20-14(10)8-12-6-7-13(19)15(9-12)22(17(24)25)18(3,4)5/h6-7,9H,8H2,1-5H3,(H,21,23)(H,24,25). The van der Waals surface area contributed by atoms with Crippen molar-refractivity contribution in [3.8, 4) is 0 Å². The number of H-pyrrole nitrogens is 1. The lowest BCUT2D eigenvalue weighted by atomic mass is 10.0. The lowest BCUT2D eigenvalue weighted by molar-refractivity contribution is 0.195. The second-order valence-corrected chi connectivity index (χ2v) is 7.00. The third kappa shape index (κ3) is 3.87. The Balaban J connectivity index is 2.48. The summed E-state index contributed by atoms with van der Waals surface area (Å²) in [5.74, 6) is -0.608.